The number of hydrogen-bond acceptors (Lipinski definition) is 5. The lowest BCUT2D eigenvalue weighted by Crippen LogP contribution is -2.55. The zero-order chi connectivity index (χ0) is 19.1. The summed E-state index contributed by atoms with van der Waals surface area (Å²) in [5, 5.41) is 8.43. The van der Waals surface area contributed by atoms with Crippen LogP contribution in [-0.4, -0.2) is 67.4 Å². The van der Waals surface area contributed by atoms with Crippen molar-refractivity contribution >= 4 is 11.4 Å². The number of nitrogens with one attached hydrogen (secondary N) is 1. The Balaban J connectivity index is 1.52. The molecular weight excluding hydrogens is 362 g/mol. The number of likely N-dealkylation sites (tertiary alicyclic amines) is 1. The van der Waals surface area contributed by atoms with Crippen molar-refractivity contribution in [2.24, 2.45) is 0 Å². The van der Waals surface area contributed by atoms with Gasteiger partial charge in [-0.05, 0) is 19.1 Å². The summed E-state index contributed by atoms with van der Waals surface area (Å²) in [4.78, 5) is 28.8. The van der Waals surface area contributed by atoms with Gasteiger partial charge >= 0.3 is 0 Å². The molecule has 1 N–H and O–H groups in total. The fraction of sp³-hybridized carbons (Fsp3) is 0.375. The molecule has 0 aliphatic carbocycles. The predicted octanol–water partition coefficient (Wildman–Crippen LogP) is 0.623. The number of alkyl halides is 2. The first-order valence-electron chi connectivity index (χ1n) is 8.25. The number of rotatable bonds is 5. The molecule has 4 rings (SSSR count). The van der Waals surface area contributed by atoms with Crippen molar-refractivity contribution in [2.45, 2.75) is 19.5 Å². The molecule has 0 aromatic carbocycles. The molecule has 11 heteroatoms. The van der Waals surface area contributed by atoms with Gasteiger partial charge in [0.05, 0.1) is 23.6 Å². The van der Waals surface area contributed by atoms with E-state index in [4.69, 9.17) is 4.74 Å². The van der Waals surface area contributed by atoms with Crippen LogP contribution in [0.3, 0.4) is 0 Å². The van der Waals surface area contributed by atoms with Crippen molar-refractivity contribution < 1.29 is 18.3 Å². The zero-order valence-corrected chi connectivity index (χ0v) is 14.3. The molecule has 1 aliphatic rings. The highest BCUT2D eigenvalue weighted by atomic mass is 19.3. The Morgan fingerprint density at radius 3 is 2.96 bits per heavy atom. The molecule has 4 heterocycles. The molecule has 0 spiro atoms. The van der Waals surface area contributed by atoms with Crippen LogP contribution in [0.4, 0.5) is 8.78 Å². The molecule has 1 saturated heterocycles. The lowest BCUT2D eigenvalue weighted by molar-refractivity contribution is -0.0775. The zero-order valence-electron chi connectivity index (χ0n) is 14.3. The molecule has 142 valence electrons. The molecule has 0 saturated carbocycles. The molecule has 0 atom stereocenters. The van der Waals surface area contributed by atoms with E-state index >= 15 is 0 Å². The second-order valence-corrected chi connectivity index (χ2v) is 6.23. The average molecular weight is 378 g/mol. The standard InChI is InChI=1S/C16H16F2N6O3/c1-9-11(15(26)22-6-10(7-22)27-8-13(17)18)5-19-24(9)16-20-14(25)12-3-2-4-23(12)21-16/h2-5,10,13H,6-8H2,1H3,(H,20,21,25). The second kappa shape index (κ2) is 6.58. The number of ether oxygens (including phenoxy) is 1. The van der Waals surface area contributed by atoms with Crippen LogP contribution in [0.5, 0.6) is 0 Å². The van der Waals surface area contributed by atoms with Crippen molar-refractivity contribution in [2.75, 3.05) is 19.7 Å². The average Bonchev–Trinajstić information content (AvgIpc) is 3.19. The second-order valence-electron chi connectivity index (χ2n) is 6.23. The van der Waals surface area contributed by atoms with Gasteiger partial charge in [-0.2, -0.15) is 5.10 Å². The van der Waals surface area contributed by atoms with E-state index in [2.05, 4.69) is 15.2 Å². The van der Waals surface area contributed by atoms with E-state index in [1.807, 2.05) is 0 Å². The van der Waals surface area contributed by atoms with Crippen molar-refractivity contribution in [3.05, 3.63) is 46.1 Å². The number of nitrogens with zero attached hydrogens (tertiary/aromatic N) is 5. The fourth-order valence-electron chi connectivity index (χ4n) is 2.95. The maximum atomic E-state index is 12.6. The molecule has 3 aromatic rings. The maximum absolute atomic E-state index is 12.6. The van der Waals surface area contributed by atoms with Gasteiger partial charge in [0.15, 0.2) is 0 Å². The van der Waals surface area contributed by atoms with Gasteiger partial charge in [-0.3, -0.25) is 14.6 Å². The minimum Gasteiger partial charge on any atom is -0.369 e. The molecular formula is C16H16F2N6O3. The maximum Gasteiger partial charge on any atom is 0.276 e. The highest BCUT2D eigenvalue weighted by molar-refractivity contribution is 5.95. The fourth-order valence-corrected chi connectivity index (χ4v) is 2.95. The van der Waals surface area contributed by atoms with Gasteiger partial charge in [-0.1, -0.05) is 0 Å². The van der Waals surface area contributed by atoms with Gasteiger partial charge < -0.3 is 9.64 Å². The Bertz CT molecular complexity index is 1050. The highest BCUT2D eigenvalue weighted by Crippen LogP contribution is 2.19. The Hall–Kier alpha value is -3.08. The third-order valence-electron chi connectivity index (χ3n) is 4.42. The van der Waals surface area contributed by atoms with Crippen molar-refractivity contribution in [3.8, 4) is 5.95 Å². The van der Waals surface area contributed by atoms with E-state index in [1.165, 1.54) is 20.3 Å². The van der Waals surface area contributed by atoms with Crippen LogP contribution in [0, 0.1) is 6.92 Å². The van der Waals surface area contributed by atoms with Gasteiger partial charge in [-0.15, -0.1) is 5.10 Å². The summed E-state index contributed by atoms with van der Waals surface area (Å²) >= 11 is 0. The first-order valence-corrected chi connectivity index (χ1v) is 8.25. The molecule has 9 nitrogen and oxygen atoms in total. The number of halogens is 2. The first kappa shape index (κ1) is 17.3. The van der Waals surface area contributed by atoms with Crippen LogP contribution in [0.25, 0.3) is 11.5 Å². The third kappa shape index (κ3) is 3.10. The van der Waals surface area contributed by atoms with Crippen LogP contribution in [0.2, 0.25) is 0 Å². The number of aromatic nitrogens is 5. The minimum atomic E-state index is -2.53. The van der Waals surface area contributed by atoms with Gasteiger partial charge in [0.1, 0.15) is 12.1 Å². The molecule has 0 bridgehead atoms. The van der Waals surface area contributed by atoms with Gasteiger partial charge in [0.25, 0.3) is 17.9 Å². The molecule has 0 radical (unpaired) electrons. The van der Waals surface area contributed by atoms with E-state index < -0.39 is 13.0 Å². The van der Waals surface area contributed by atoms with Gasteiger partial charge in [0.2, 0.25) is 5.95 Å². The van der Waals surface area contributed by atoms with Crippen LogP contribution < -0.4 is 5.56 Å². The molecule has 27 heavy (non-hydrogen) atoms. The van der Waals surface area contributed by atoms with Crippen LogP contribution in [0.1, 0.15) is 16.1 Å². The van der Waals surface area contributed by atoms with Crippen LogP contribution in [0.15, 0.2) is 29.3 Å². The van der Waals surface area contributed by atoms with Crippen molar-refractivity contribution in [1.82, 2.24) is 29.3 Å². The normalized spacial score (nSPS) is 14.9. The number of carbonyl (C=O) groups is 1. The summed E-state index contributed by atoms with van der Waals surface area (Å²) in [5.74, 6) is -0.0953. The molecule has 1 amide bonds. The Kier molecular flexibility index (Phi) is 4.22. The summed E-state index contributed by atoms with van der Waals surface area (Å²) in [6.07, 6.45) is 0.124. The number of amides is 1. The SMILES string of the molecule is Cc1c(C(=O)N2CC(OCC(F)F)C2)cnn1-c1nn2cccc2c(=O)[nH]1. The summed E-state index contributed by atoms with van der Waals surface area (Å²) < 4.78 is 32.1. The van der Waals surface area contributed by atoms with Gasteiger partial charge in [-0.25, -0.2) is 18.0 Å². The third-order valence-corrected chi connectivity index (χ3v) is 4.42. The lowest BCUT2D eigenvalue weighted by Gasteiger charge is -2.38. The topological polar surface area (TPSA) is 97.5 Å². The summed E-state index contributed by atoms with van der Waals surface area (Å²) in [6.45, 7) is 1.55. The molecule has 3 aromatic heterocycles. The summed E-state index contributed by atoms with van der Waals surface area (Å²) in [5.41, 5.74) is 0.925. The monoisotopic (exact) mass is 378 g/mol. The molecule has 1 fully saturated rings. The largest absolute Gasteiger partial charge is 0.369 e. The van der Waals surface area contributed by atoms with Crippen LogP contribution >= 0.6 is 0 Å². The van der Waals surface area contributed by atoms with Crippen molar-refractivity contribution in [1.29, 1.82) is 0 Å². The lowest BCUT2D eigenvalue weighted by atomic mass is 10.1. The van der Waals surface area contributed by atoms with Crippen molar-refractivity contribution in [3.63, 3.8) is 0 Å². The van der Waals surface area contributed by atoms with E-state index in [1.54, 1.807) is 25.3 Å². The number of H-pyrrole nitrogens is 1. The Labute approximate surface area is 151 Å². The Morgan fingerprint density at radius 2 is 2.22 bits per heavy atom. The smallest absolute Gasteiger partial charge is 0.276 e. The van der Waals surface area contributed by atoms with E-state index in [-0.39, 0.29) is 36.6 Å². The first-order chi connectivity index (χ1) is 12.9. The van der Waals surface area contributed by atoms with E-state index in [0.717, 1.165) is 0 Å². The number of aromatic amines is 1. The number of carbonyl (C=O) groups excluding carboxylic acids is 1. The molecule has 1 aliphatic heterocycles. The summed E-state index contributed by atoms with van der Waals surface area (Å²) in [6, 6.07) is 3.33. The number of fused-ring (bicyclic) bond motifs is 1. The Morgan fingerprint density at radius 1 is 1.44 bits per heavy atom. The number of hydrogen-bond donors (Lipinski definition) is 1. The van der Waals surface area contributed by atoms with E-state index in [9.17, 15) is 18.4 Å². The predicted molar refractivity (Wildman–Crippen MR) is 89.3 cm³/mol. The highest BCUT2D eigenvalue weighted by Gasteiger charge is 2.34. The quantitative estimate of drug-likeness (QED) is 0.702. The van der Waals surface area contributed by atoms with Crippen LogP contribution in [-0.2, 0) is 4.74 Å². The van der Waals surface area contributed by atoms with Gasteiger partial charge in [0, 0.05) is 19.3 Å². The van der Waals surface area contributed by atoms with E-state index in [0.29, 0.717) is 16.8 Å². The minimum absolute atomic E-state index is 0.182. The molecule has 0 unspecified atom stereocenters. The summed E-state index contributed by atoms with van der Waals surface area (Å²) in [7, 11) is 0.